The van der Waals surface area contributed by atoms with Crippen LogP contribution >= 0.6 is 0 Å². The Morgan fingerprint density at radius 2 is 1.78 bits per heavy atom. The third kappa shape index (κ3) is 5.82. The molecule has 5 rings (SSSR count). The van der Waals surface area contributed by atoms with Crippen LogP contribution in [-0.2, 0) is 23.9 Å². The van der Waals surface area contributed by atoms with Gasteiger partial charge in [0.25, 0.3) is 0 Å². The maximum Gasteiger partial charge on any atom is 0.248 e. The van der Waals surface area contributed by atoms with Gasteiger partial charge in [0, 0.05) is 45.0 Å². The van der Waals surface area contributed by atoms with Crippen LogP contribution in [0.4, 0.5) is 5.69 Å². The molecule has 1 aromatic rings. The molecule has 3 amide bonds. The zero-order chi connectivity index (χ0) is 33.1. The van der Waals surface area contributed by atoms with Crippen LogP contribution < -0.4 is 4.90 Å². The van der Waals surface area contributed by atoms with E-state index in [0.717, 1.165) is 18.8 Å². The molecule has 0 radical (unpaired) electrons. The van der Waals surface area contributed by atoms with E-state index in [2.05, 4.69) is 18.1 Å². The number of aliphatic hydroxyl groups excluding tert-OH is 1. The van der Waals surface area contributed by atoms with Gasteiger partial charge >= 0.3 is 0 Å². The summed E-state index contributed by atoms with van der Waals surface area (Å²) in [6.45, 7) is 18.2. The van der Waals surface area contributed by atoms with Gasteiger partial charge in [0.15, 0.2) is 0 Å². The lowest BCUT2D eigenvalue weighted by molar-refractivity contribution is -0.157. The Labute approximate surface area is 274 Å². The number of rotatable bonds is 15. The number of amides is 3. The predicted molar refractivity (Wildman–Crippen MR) is 177 cm³/mol. The molecule has 252 valence electrons. The smallest absolute Gasteiger partial charge is 0.248 e. The highest BCUT2D eigenvalue weighted by molar-refractivity contribution is 6.03. The molecule has 7 atom stereocenters. The van der Waals surface area contributed by atoms with E-state index >= 15 is 0 Å². The lowest BCUT2D eigenvalue weighted by atomic mass is 9.64. The fourth-order valence-electron chi connectivity index (χ4n) is 8.42. The number of aliphatic hydroxyl groups is 1. The highest BCUT2D eigenvalue weighted by Crippen LogP contribution is 2.65. The molecule has 0 aromatic heterocycles. The molecule has 46 heavy (non-hydrogen) atoms. The molecule has 1 aromatic carbocycles. The average Bonchev–Trinajstić information content (AvgIpc) is 3.69. The summed E-state index contributed by atoms with van der Waals surface area (Å²) >= 11 is 0. The third-order valence-electron chi connectivity index (χ3n) is 11.1. The zero-order valence-corrected chi connectivity index (χ0v) is 27.8. The molecule has 4 aliphatic rings. The molecule has 10 nitrogen and oxygen atoms in total. The van der Waals surface area contributed by atoms with Crippen LogP contribution in [-0.4, -0.2) is 120 Å². The summed E-state index contributed by atoms with van der Waals surface area (Å²) in [5.74, 6) is -2.38. The first-order chi connectivity index (χ1) is 22.2. The van der Waals surface area contributed by atoms with E-state index in [9.17, 15) is 19.5 Å². The SMILES string of the molecule is C=CCN(CCN1CCOCC1)C(=O)C1N([C@@H](CO)[C@@H](C)CC)C(=O)[C@@H]2[C@@H](C(=O)N(CC=C)c3ccccc3)[C@@]3(CC)CCC12O3. The molecule has 10 heteroatoms. The van der Waals surface area contributed by atoms with Crippen LogP contribution in [0, 0.1) is 17.8 Å². The van der Waals surface area contributed by atoms with Gasteiger partial charge in [-0.2, -0.15) is 0 Å². The molecule has 2 bridgehead atoms. The quantitative estimate of drug-likeness (QED) is 0.295. The molecule has 4 saturated heterocycles. The van der Waals surface area contributed by atoms with Crippen molar-refractivity contribution in [3.8, 4) is 0 Å². The molecular formula is C36H52N4O6. The minimum absolute atomic E-state index is 0.0752. The van der Waals surface area contributed by atoms with Crippen LogP contribution in [0.1, 0.15) is 46.5 Å². The standard InChI is InChI=1S/C36H52N4O6/c1-6-17-38(20-19-37-21-23-45-24-22-37)34(44)31-36-16-15-35(9-4,46-36)29(30(36)33(43)40(31)28(25-41)26(5)8-3)32(42)39(18-7-2)27-13-11-10-12-14-27/h6-7,10-14,26,28-31,41H,1-2,8-9,15-25H2,3-5H3/t26-,28-,29-,30-,31?,35+,36?/m0/s1. The fourth-order valence-corrected chi connectivity index (χ4v) is 8.42. The average molecular weight is 637 g/mol. The van der Waals surface area contributed by atoms with Crippen molar-refractivity contribution in [3.63, 3.8) is 0 Å². The highest BCUT2D eigenvalue weighted by atomic mass is 16.5. The molecule has 4 aliphatic heterocycles. The number of nitrogens with zero attached hydrogens (tertiary/aromatic N) is 4. The van der Waals surface area contributed by atoms with Gasteiger partial charge in [-0.25, -0.2) is 0 Å². The molecule has 4 heterocycles. The van der Waals surface area contributed by atoms with Crippen molar-refractivity contribution in [3.05, 3.63) is 55.6 Å². The molecule has 0 saturated carbocycles. The predicted octanol–water partition coefficient (Wildman–Crippen LogP) is 3.11. The number of para-hydroxylation sites is 1. The Morgan fingerprint density at radius 1 is 1.09 bits per heavy atom. The summed E-state index contributed by atoms with van der Waals surface area (Å²) in [4.78, 5) is 51.9. The van der Waals surface area contributed by atoms with E-state index in [4.69, 9.17) is 9.47 Å². The number of likely N-dealkylation sites (tertiary alicyclic amines) is 1. The van der Waals surface area contributed by atoms with Gasteiger partial charge in [-0.05, 0) is 37.3 Å². The van der Waals surface area contributed by atoms with Gasteiger partial charge in [0.1, 0.15) is 11.6 Å². The minimum Gasteiger partial charge on any atom is -0.394 e. The van der Waals surface area contributed by atoms with Gasteiger partial charge in [-0.3, -0.25) is 19.3 Å². The van der Waals surface area contributed by atoms with Crippen molar-refractivity contribution in [2.75, 3.05) is 64.0 Å². The number of benzene rings is 1. The maximum absolute atomic E-state index is 14.9. The second kappa shape index (κ2) is 14.4. The van der Waals surface area contributed by atoms with Crippen molar-refractivity contribution in [2.24, 2.45) is 17.8 Å². The summed E-state index contributed by atoms with van der Waals surface area (Å²) in [7, 11) is 0. The number of fused-ring (bicyclic) bond motifs is 1. The van der Waals surface area contributed by atoms with Gasteiger partial charge in [-0.15, -0.1) is 13.2 Å². The molecule has 1 N–H and O–H groups in total. The second-order valence-corrected chi connectivity index (χ2v) is 13.3. The summed E-state index contributed by atoms with van der Waals surface area (Å²) < 4.78 is 12.6. The maximum atomic E-state index is 14.9. The highest BCUT2D eigenvalue weighted by Gasteiger charge is 2.79. The van der Waals surface area contributed by atoms with Gasteiger partial charge in [0.2, 0.25) is 17.7 Å². The van der Waals surface area contributed by atoms with E-state index in [0.29, 0.717) is 58.5 Å². The van der Waals surface area contributed by atoms with Crippen LogP contribution in [0.5, 0.6) is 0 Å². The number of morpholine rings is 1. The monoisotopic (exact) mass is 636 g/mol. The minimum atomic E-state index is -1.18. The molecular weight excluding hydrogens is 584 g/mol. The van der Waals surface area contributed by atoms with Crippen LogP contribution in [0.3, 0.4) is 0 Å². The largest absolute Gasteiger partial charge is 0.394 e. The van der Waals surface area contributed by atoms with Crippen molar-refractivity contribution in [1.29, 1.82) is 0 Å². The third-order valence-corrected chi connectivity index (χ3v) is 11.1. The van der Waals surface area contributed by atoms with Crippen molar-refractivity contribution >= 4 is 23.4 Å². The van der Waals surface area contributed by atoms with Crippen molar-refractivity contribution in [2.45, 2.75) is 69.7 Å². The molecule has 2 unspecified atom stereocenters. The Balaban J connectivity index is 1.58. The lowest BCUT2D eigenvalue weighted by Gasteiger charge is -2.41. The molecule has 1 spiro atoms. The molecule has 0 aliphatic carbocycles. The first-order valence-corrected chi connectivity index (χ1v) is 17.0. The van der Waals surface area contributed by atoms with E-state index in [1.165, 1.54) is 0 Å². The lowest BCUT2D eigenvalue weighted by Crippen LogP contribution is -2.60. The van der Waals surface area contributed by atoms with Crippen LogP contribution in [0.2, 0.25) is 0 Å². The number of carbonyl (C=O) groups is 3. The van der Waals surface area contributed by atoms with Crippen LogP contribution in [0.15, 0.2) is 55.6 Å². The number of anilines is 1. The van der Waals surface area contributed by atoms with E-state index in [-0.39, 0.29) is 36.8 Å². The van der Waals surface area contributed by atoms with Crippen LogP contribution in [0.25, 0.3) is 0 Å². The topological polar surface area (TPSA) is 103 Å². The number of ether oxygens (including phenoxy) is 2. The Hall–Kier alpha value is -3.05. The second-order valence-electron chi connectivity index (χ2n) is 13.3. The summed E-state index contributed by atoms with van der Waals surface area (Å²) in [6.07, 6.45) is 5.71. The Morgan fingerprint density at radius 3 is 2.39 bits per heavy atom. The van der Waals surface area contributed by atoms with E-state index < -0.39 is 35.1 Å². The van der Waals surface area contributed by atoms with E-state index in [1.54, 1.807) is 26.9 Å². The number of hydrogen-bond donors (Lipinski definition) is 1. The van der Waals surface area contributed by atoms with Crippen molar-refractivity contribution in [1.82, 2.24) is 14.7 Å². The summed E-state index contributed by atoms with van der Waals surface area (Å²) in [6, 6.07) is 7.87. The van der Waals surface area contributed by atoms with Gasteiger partial charge in [0.05, 0.1) is 43.3 Å². The summed E-state index contributed by atoms with van der Waals surface area (Å²) in [5, 5.41) is 10.7. The molecule has 4 fully saturated rings. The summed E-state index contributed by atoms with van der Waals surface area (Å²) in [5.41, 5.74) is -1.34. The zero-order valence-electron chi connectivity index (χ0n) is 27.8. The number of carbonyl (C=O) groups excluding carboxylic acids is 3. The van der Waals surface area contributed by atoms with Gasteiger partial charge < -0.3 is 29.3 Å². The first kappa shape index (κ1) is 34.3. The van der Waals surface area contributed by atoms with Crippen molar-refractivity contribution < 1.29 is 29.0 Å². The normalized spacial score (nSPS) is 30.1. The number of hydrogen-bond acceptors (Lipinski definition) is 7. The first-order valence-electron chi connectivity index (χ1n) is 17.0. The van der Waals surface area contributed by atoms with Gasteiger partial charge in [-0.1, -0.05) is 57.5 Å². The Kier molecular flexibility index (Phi) is 10.7. The van der Waals surface area contributed by atoms with E-state index in [1.807, 2.05) is 51.1 Å². The Bertz CT molecular complexity index is 1270. The fraction of sp³-hybridized carbons (Fsp3) is 0.639.